The molecule has 1 fully saturated rings. The summed E-state index contributed by atoms with van der Waals surface area (Å²) in [6, 6.07) is 8.83. The molecule has 26 heavy (non-hydrogen) atoms. The van der Waals surface area contributed by atoms with E-state index in [1.807, 2.05) is 17.5 Å². The first kappa shape index (κ1) is 16.9. The lowest BCUT2D eigenvalue weighted by Crippen LogP contribution is -2.41. The van der Waals surface area contributed by atoms with Crippen molar-refractivity contribution in [2.24, 2.45) is 5.92 Å². The maximum absolute atomic E-state index is 13.4. The average Bonchev–Trinajstić information content (AvgIpc) is 3.10. The highest BCUT2D eigenvalue weighted by atomic mass is 32.1. The van der Waals surface area contributed by atoms with Crippen molar-refractivity contribution in [2.45, 2.75) is 25.0 Å². The molecule has 0 bridgehead atoms. The van der Waals surface area contributed by atoms with Crippen molar-refractivity contribution in [3.8, 4) is 0 Å². The summed E-state index contributed by atoms with van der Waals surface area (Å²) in [7, 11) is 0. The van der Waals surface area contributed by atoms with Crippen LogP contribution in [0.4, 0.5) is 4.39 Å². The predicted molar refractivity (Wildman–Crippen MR) is 97.8 cm³/mol. The second-order valence-corrected chi connectivity index (χ2v) is 7.57. The van der Waals surface area contributed by atoms with E-state index in [9.17, 15) is 19.1 Å². The third-order valence-corrected chi connectivity index (χ3v) is 5.76. The monoisotopic (exact) mass is 372 g/mol. The number of nitrogens with one attached hydrogen (secondary N) is 2. The number of aromatic amines is 1. The number of rotatable bonds is 4. The van der Waals surface area contributed by atoms with Crippen molar-refractivity contribution in [1.29, 1.82) is 0 Å². The Morgan fingerprint density at radius 2 is 2.12 bits per heavy atom. The molecular weight excluding hydrogens is 355 g/mol. The largest absolute Gasteiger partial charge is 0.393 e. The first-order valence-corrected chi connectivity index (χ1v) is 9.24. The molecule has 0 spiro atoms. The smallest absolute Gasteiger partial charge is 0.252 e. The van der Waals surface area contributed by atoms with E-state index in [2.05, 4.69) is 10.3 Å². The molecule has 3 N–H and O–H groups in total. The summed E-state index contributed by atoms with van der Waals surface area (Å²) < 4.78 is 13.4. The van der Waals surface area contributed by atoms with Crippen LogP contribution in [0.1, 0.15) is 34.1 Å². The molecule has 0 radical (unpaired) electrons. The molecule has 1 aromatic carbocycles. The van der Waals surface area contributed by atoms with Crippen molar-refractivity contribution >= 4 is 28.1 Å². The zero-order valence-electron chi connectivity index (χ0n) is 13.7. The van der Waals surface area contributed by atoms with Gasteiger partial charge in [0.05, 0.1) is 23.2 Å². The summed E-state index contributed by atoms with van der Waals surface area (Å²) in [5.41, 5.74) is 0.0413. The highest BCUT2D eigenvalue weighted by Gasteiger charge is 2.36. The van der Waals surface area contributed by atoms with Gasteiger partial charge in [0.2, 0.25) is 5.56 Å². The SMILES string of the molecule is O=C(NC(c1cccs1)C1CC(O)C1)c1cc(=O)[nH]c2cc(F)ccc12. The van der Waals surface area contributed by atoms with E-state index in [-0.39, 0.29) is 35.1 Å². The molecule has 1 aliphatic rings. The van der Waals surface area contributed by atoms with Crippen LogP contribution in [0.3, 0.4) is 0 Å². The maximum Gasteiger partial charge on any atom is 0.252 e. The zero-order valence-corrected chi connectivity index (χ0v) is 14.6. The van der Waals surface area contributed by atoms with Crippen LogP contribution in [0, 0.1) is 11.7 Å². The number of pyridine rings is 1. The molecule has 1 saturated carbocycles. The number of thiophene rings is 1. The first-order valence-electron chi connectivity index (χ1n) is 8.36. The van der Waals surface area contributed by atoms with Gasteiger partial charge in [0.15, 0.2) is 0 Å². The summed E-state index contributed by atoms with van der Waals surface area (Å²) in [5, 5.41) is 15.1. The van der Waals surface area contributed by atoms with Gasteiger partial charge in [-0.25, -0.2) is 4.39 Å². The van der Waals surface area contributed by atoms with E-state index in [1.54, 1.807) is 11.3 Å². The molecule has 3 aromatic rings. The number of hydrogen-bond acceptors (Lipinski definition) is 4. The van der Waals surface area contributed by atoms with Crippen LogP contribution in [0.15, 0.2) is 46.6 Å². The standard InChI is InChI=1S/C19H17FN2O3S/c20-11-3-4-13-14(9-17(24)21-15(13)8-11)19(25)22-18(10-6-12(23)7-10)16-2-1-5-26-16/h1-5,8-10,12,18,23H,6-7H2,(H,21,24)(H,22,25). The van der Waals surface area contributed by atoms with Gasteiger partial charge >= 0.3 is 0 Å². The molecule has 1 unspecified atom stereocenters. The van der Waals surface area contributed by atoms with E-state index in [4.69, 9.17) is 0 Å². The van der Waals surface area contributed by atoms with Gasteiger partial charge in [0, 0.05) is 16.3 Å². The minimum Gasteiger partial charge on any atom is -0.393 e. The molecule has 1 amide bonds. The molecule has 2 heterocycles. The number of hydrogen-bond donors (Lipinski definition) is 3. The Hall–Kier alpha value is -2.51. The Morgan fingerprint density at radius 1 is 1.31 bits per heavy atom. The van der Waals surface area contributed by atoms with E-state index in [1.165, 1.54) is 24.3 Å². The molecule has 5 nitrogen and oxygen atoms in total. The number of halogens is 1. The summed E-state index contributed by atoms with van der Waals surface area (Å²) in [4.78, 5) is 28.4. The quantitative estimate of drug-likeness (QED) is 0.658. The van der Waals surface area contributed by atoms with Gasteiger partial charge in [0.1, 0.15) is 5.82 Å². The van der Waals surface area contributed by atoms with E-state index in [0.29, 0.717) is 18.2 Å². The first-order chi connectivity index (χ1) is 12.5. The summed E-state index contributed by atoms with van der Waals surface area (Å²) in [5.74, 6) is -0.712. The molecule has 7 heteroatoms. The fourth-order valence-corrected chi connectivity index (χ4v) is 4.30. The normalized spacial score (nSPS) is 20.5. The summed E-state index contributed by atoms with van der Waals surface area (Å²) >= 11 is 1.54. The van der Waals surface area contributed by atoms with Crippen LogP contribution < -0.4 is 10.9 Å². The molecule has 0 saturated heterocycles. The number of aliphatic hydroxyl groups is 1. The predicted octanol–water partition coefficient (Wildman–Crippen LogP) is 2.97. The lowest BCUT2D eigenvalue weighted by molar-refractivity contribution is 0.0241. The lowest BCUT2D eigenvalue weighted by atomic mass is 9.76. The number of benzene rings is 1. The Bertz CT molecular complexity index is 1010. The van der Waals surface area contributed by atoms with E-state index >= 15 is 0 Å². The van der Waals surface area contributed by atoms with Crippen LogP contribution in [-0.4, -0.2) is 22.1 Å². The Balaban J connectivity index is 1.68. The van der Waals surface area contributed by atoms with Crippen LogP contribution in [-0.2, 0) is 0 Å². The number of aliphatic hydroxyl groups excluding tert-OH is 1. The van der Waals surface area contributed by atoms with Crippen LogP contribution in [0.2, 0.25) is 0 Å². The van der Waals surface area contributed by atoms with Crippen LogP contribution in [0.25, 0.3) is 10.9 Å². The molecule has 0 aliphatic heterocycles. The van der Waals surface area contributed by atoms with Crippen molar-refractivity contribution in [1.82, 2.24) is 10.3 Å². The third kappa shape index (κ3) is 3.15. The molecular formula is C19H17FN2O3S. The Labute approximate surface area is 152 Å². The maximum atomic E-state index is 13.4. The number of fused-ring (bicyclic) bond motifs is 1. The number of aromatic nitrogens is 1. The zero-order chi connectivity index (χ0) is 18.3. The number of carbonyl (C=O) groups excluding carboxylic acids is 1. The Morgan fingerprint density at radius 3 is 2.81 bits per heavy atom. The van der Waals surface area contributed by atoms with Gasteiger partial charge in [-0.05, 0) is 48.4 Å². The summed E-state index contributed by atoms with van der Waals surface area (Å²) in [6.45, 7) is 0. The third-order valence-electron chi connectivity index (χ3n) is 4.81. The van der Waals surface area contributed by atoms with Gasteiger partial charge in [0.25, 0.3) is 5.91 Å². The van der Waals surface area contributed by atoms with Gasteiger partial charge < -0.3 is 15.4 Å². The lowest BCUT2D eigenvalue weighted by Gasteiger charge is -2.37. The second-order valence-electron chi connectivity index (χ2n) is 6.59. The van der Waals surface area contributed by atoms with Crippen molar-refractivity contribution in [3.63, 3.8) is 0 Å². The summed E-state index contributed by atoms with van der Waals surface area (Å²) in [6.07, 6.45) is 0.927. The van der Waals surface area contributed by atoms with E-state index < -0.39 is 11.4 Å². The number of H-pyrrole nitrogens is 1. The Kier molecular flexibility index (Phi) is 4.34. The minimum absolute atomic E-state index is 0.151. The van der Waals surface area contributed by atoms with Gasteiger partial charge in [-0.2, -0.15) is 0 Å². The molecule has 1 atom stereocenters. The number of amides is 1. The fraction of sp³-hybridized carbons (Fsp3) is 0.263. The highest BCUT2D eigenvalue weighted by Crippen LogP contribution is 2.39. The van der Waals surface area contributed by atoms with Crippen molar-refractivity contribution < 1.29 is 14.3 Å². The van der Waals surface area contributed by atoms with E-state index in [0.717, 1.165) is 4.88 Å². The fourth-order valence-electron chi connectivity index (χ4n) is 3.43. The van der Waals surface area contributed by atoms with Crippen molar-refractivity contribution in [3.05, 3.63) is 68.4 Å². The van der Waals surface area contributed by atoms with Gasteiger partial charge in [-0.3, -0.25) is 9.59 Å². The number of carbonyl (C=O) groups is 1. The highest BCUT2D eigenvalue weighted by molar-refractivity contribution is 7.10. The second kappa shape index (κ2) is 6.66. The topological polar surface area (TPSA) is 82.2 Å². The van der Waals surface area contributed by atoms with Gasteiger partial charge in [-0.1, -0.05) is 6.07 Å². The molecule has 4 rings (SSSR count). The van der Waals surface area contributed by atoms with Crippen LogP contribution >= 0.6 is 11.3 Å². The minimum atomic E-state index is -0.481. The van der Waals surface area contributed by atoms with Gasteiger partial charge in [-0.15, -0.1) is 11.3 Å². The molecule has 1 aliphatic carbocycles. The van der Waals surface area contributed by atoms with Crippen molar-refractivity contribution in [2.75, 3.05) is 0 Å². The average molecular weight is 372 g/mol. The molecule has 134 valence electrons. The molecule has 2 aromatic heterocycles. The van der Waals surface area contributed by atoms with Crippen LogP contribution in [0.5, 0.6) is 0 Å².